The van der Waals surface area contributed by atoms with E-state index in [0.717, 1.165) is 44.8 Å². The van der Waals surface area contributed by atoms with Crippen molar-refractivity contribution in [2.75, 3.05) is 26.2 Å². The van der Waals surface area contributed by atoms with Crippen molar-refractivity contribution in [2.24, 2.45) is 0 Å². The number of nitrogens with zero attached hydrogens (tertiary/aromatic N) is 3. The number of nitrogens with one attached hydrogen (secondary N) is 1. The van der Waals surface area contributed by atoms with Gasteiger partial charge in [0.05, 0.1) is 22.0 Å². The Morgan fingerprint density at radius 2 is 2.04 bits per heavy atom. The highest BCUT2D eigenvalue weighted by atomic mass is 35.5. The molecule has 1 unspecified atom stereocenters. The minimum Gasteiger partial charge on any atom is -0.314 e. The van der Waals surface area contributed by atoms with E-state index in [0.29, 0.717) is 12.1 Å². The van der Waals surface area contributed by atoms with Crippen LogP contribution >= 0.6 is 11.6 Å². The predicted octanol–water partition coefficient (Wildman–Crippen LogP) is 2.96. The van der Waals surface area contributed by atoms with Crippen LogP contribution in [0.5, 0.6) is 0 Å². The van der Waals surface area contributed by atoms with E-state index in [2.05, 4.69) is 17.1 Å². The molecule has 1 atom stereocenters. The summed E-state index contributed by atoms with van der Waals surface area (Å²) < 4.78 is 15.4. The lowest BCUT2D eigenvalue weighted by Gasteiger charge is -2.35. The average Bonchev–Trinajstić information content (AvgIpc) is 2.61. The Kier molecular flexibility index (Phi) is 5.71. The molecule has 0 spiro atoms. The minimum atomic E-state index is -0.515. The number of rotatable bonds is 5. The molecule has 1 N–H and O–H groups in total. The molecular weight excluding hydrogens is 343 g/mol. The first-order valence-electron chi connectivity index (χ1n) is 8.91. The molecular formula is C18H24ClFN4O. The Morgan fingerprint density at radius 1 is 1.32 bits per heavy atom. The largest absolute Gasteiger partial charge is 0.314 e. The molecule has 2 heterocycles. The predicted molar refractivity (Wildman–Crippen MR) is 98.7 cm³/mol. The van der Waals surface area contributed by atoms with Crippen molar-refractivity contribution in [3.8, 4) is 0 Å². The third kappa shape index (κ3) is 3.57. The fourth-order valence-corrected chi connectivity index (χ4v) is 3.82. The van der Waals surface area contributed by atoms with Gasteiger partial charge in [-0.2, -0.15) is 0 Å². The SMILES string of the molecule is CCCC(c1nc2c(Cl)cc(F)cc2c(=O)n1CC)N1CCNCC1. The first-order chi connectivity index (χ1) is 12.1. The number of aromatic nitrogens is 2. The maximum Gasteiger partial charge on any atom is 0.261 e. The normalized spacial score (nSPS) is 17.1. The van der Waals surface area contributed by atoms with Gasteiger partial charge in [0.15, 0.2) is 0 Å². The fourth-order valence-electron chi connectivity index (χ4n) is 3.57. The molecule has 3 rings (SSSR count). The van der Waals surface area contributed by atoms with Crippen LogP contribution in [0.4, 0.5) is 4.39 Å². The van der Waals surface area contributed by atoms with E-state index in [1.807, 2.05) is 6.92 Å². The summed E-state index contributed by atoms with van der Waals surface area (Å²) in [6, 6.07) is 2.51. The van der Waals surface area contributed by atoms with E-state index in [-0.39, 0.29) is 22.0 Å². The standard InChI is InChI=1S/C18H24ClFN4O/c1-3-5-15(23-8-6-21-7-9-23)17-22-16-13(18(25)24(17)4-2)10-12(20)11-14(16)19/h10-11,15,21H,3-9H2,1-2H3. The molecule has 7 heteroatoms. The molecule has 1 aromatic carbocycles. The lowest BCUT2D eigenvalue weighted by Crippen LogP contribution is -2.46. The van der Waals surface area contributed by atoms with E-state index >= 15 is 0 Å². The van der Waals surface area contributed by atoms with Gasteiger partial charge in [0.1, 0.15) is 11.6 Å². The quantitative estimate of drug-likeness (QED) is 0.883. The third-order valence-electron chi connectivity index (χ3n) is 4.78. The molecule has 1 fully saturated rings. The Morgan fingerprint density at radius 3 is 2.68 bits per heavy atom. The number of hydrogen-bond donors (Lipinski definition) is 1. The van der Waals surface area contributed by atoms with E-state index in [1.54, 1.807) is 4.57 Å². The highest BCUT2D eigenvalue weighted by molar-refractivity contribution is 6.35. The molecule has 1 aromatic heterocycles. The van der Waals surface area contributed by atoms with Gasteiger partial charge in [-0.05, 0) is 25.5 Å². The van der Waals surface area contributed by atoms with Gasteiger partial charge < -0.3 is 5.32 Å². The highest BCUT2D eigenvalue weighted by Crippen LogP contribution is 2.28. The van der Waals surface area contributed by atoms with Crippen LogP contribution in [0, 0.1) is 5.82 Å². The van der Waals surface area contributed by atoms with E-state index < -0.39 is 5.82 Å². The van der Waals surface area contributed by atoms with Gasteiger partial charge in [-0.15, -0.1) is 0 Å². The first kappa shape index (κ1) is 18.3. The Hall–Kier alpha value is -1.50. The molecule has 0 bridgehead atoms. The fraction of sp³-hybridized carbons (Fsp3) is 0.556. The van der Waals surface area contributed by atoms with Crippen molar-refractivity contribution in [1.29, 1.82) is 0 Å². The Bertz CT molecular complexity index is 817. The molecule has 0 aliphatic carbocycles. The van der Waals surface area contributed by atoms with Crippen LogP contribution in [0.3, 0.4) is 0 Å². The molecule has 2 aromatic rings. The van der Waals surface area contributed by atoms with Gasteiger partial charge in [-0.25, -0.2) is 9.37 Å². The Labute approximate surface area is 151 Å². The third-order valence-corrected chi connectivity index (χ3v) is 5.06. The molecule has 136 valence electrons. The number of hydrogen-bond acceptors (Lipinski definition) is 4. The second kappa shape index (κ2) is 7.81. The number of piperazine rings is 1. The summed E-state index contributed by atoms with van der Waals surface area (Å²) >= 11 is 6.20. The van der Waals surface area contributed by atoms with Crippen LogP contribution in [-0.2, 0) is 6.54 Å². The molecule has 1 saturated heterocycles. The maximum atomic E-state index is 13.7. The molecule has 1 aliphatic rings. The number of halogens is 2. The lowest BCUT2D eigenvalue weighted by atomic mass is 10.1. The molecule has 0 saturated carbocycles. The monoisotopic (exact) mass is 366 g/mol. The van der Waals surface area contributed by atoms with Crippen molar-refractivity contribution in [3.05, 3.63) is 39.2 Å². The van der Waals surface area contributed by atoms with Crippen LogP contribution in [0.15, 0.2) is 16.9 Å². The van der Waals surface area contributed by atoms with Gasteiger partial charge in [0.2, 0.25) is 0 Å². The van der Waals surface area contributed by atoms with Crippen molar-refractivity contribution >= 4 is 22.5 Å². The average molecular weight is 367 g/mol. The summed E-state index contributed by atoms with van der Waals surface area (Å²) in [6.07, 6.45) is 1.90. The van der Waals surface area contributed by atoms with E-state index in [9.17, 15) is 9.18 Å². The van der Waals surface area contributed by atoms with Gasteiger partial charge in [0, 0.05) is 32.7 Å². The summed E-state index contributed by atoms with van der Waals surface area (Å²) in [5, 5.41) is 3.78. The van der Waals surface area contributed by atoms with Crippen molar-refractivity contribution < 1.29 is 4.39 Å². The summed E-state index contributed by atoms with van der Waals surface area (Å²) in [5.41, 5.74) is 0.171. The van der Waals surface area contributed by atoms with Gasteiger partial charge in [-0.3, -0.25) is 14.3 Å². The smallest absolute Gasteiger partial charge is 0.261 e. The summed E-state index contributed by atoms with van der Waals surface area (Å²) in [5.74, 6) is 0.219. The zero-order valence-corrected chi connectivity index (χ0v) is 15.4. The minimum absolute atomic E-state index is 0.0604. The summed E-state index contributed by atoms with van der Waals surface area (Å²) in [7, 11) is 0. The number of fused-ring (bicyclic) bond motifs is 1. The molecule has 25 heavy (non-hydrogen) atoms. The van der Waals surface area contributed by atoms with E-state index in [1.165, 1.54) is 12.1 Å². The zero-order chi connectivity index (χ0) is 18.0. The number of benzene rings is 1. The van der Waals surface area contributed by atoms with E-state index in [4.69, 9.17) is 16.6 Å². The van der Waals surface area contributed by atoms with Crippen molar-refractivity contribution in [3.63, 3.8) is 0 Å². The summed E-state index contributed by atoms with van der Waals surface area (Å²) in [6.45, 7) is 8.23. The first-order valence-corrected chi connectivity index (χ1v) is 9.28. The Balaban J connectivity index is 2.20. The topological polar surface area (TPSA) is 50.2 Å². The van der Waals surface area contributed by atoms with Gasteiger partial charge in [-0.1, -0.05) is 24.9 Å². The lowest BCUT2D eigenvalue weighted by molar-refractivity contribution is 0.154. The molecule has 1 aliphatic heterocycles. The second-order valence-electron chi connectivity index (χ2n) is 6.39. The second-order valence-corrected chi connectivity index (χ2v) is 6.80. The van der Waals surface area contributed by atoms with Crippen LogP contribution in [0.25, 0.3) is 10.9 Å². The van der Waals surface area contributed by atoms with Crippen molar-refractivity contribution in [1.82, 2.24) is 19.8 Å². The maximum absolute atomic E-state index is 13.7. The zero-order valence-electron chi connectivity index (χ0n) is 14.7. The summed E-state index contributed by atoms with van der Waals surface area (Å²) in [4.78, 5) is 20.1. The van der Waals surface area contributed by atoms with Crippen LogP contribution in [0.1, 0.15) is 38.6 Å². The van der Waals surface area contributed by atoms with Gasteiger partial charge in [0.25, 0.3) is 5.56 Å². The van der Waals surface area contributed by atoms with Crippen LogP contribution in [-0.4, -0.2) is 40.6 Å². The van der Waals surface area contributed by atoms with Crippen LogP contribution in [0.2, 0.25) is 5.02 Å². The highest BCUT2D eigenvalue weighted by Gasteiger charge is 2.26. The van der Waals surface area contributed by atoms with Crippen LogP contribution < -0.4 is 10.9 Å². The molecule has 0 amide bonds. The molecule has 5 nitrogen and oxygen atoms in total. The molecule has 0 radical (unpaired) electrons. The van der Waals surface area contributed by atoms with Gasteiger partial charge >= 0.3 is 0 Å². The van der Waals surface area contributed by atoms with Crippen molar-refractivity contribution in [2.45, 2.75) is 39.3 Å².